The van der Waals surface area contributed by atoms with E-state index in [-0.39, 0.29) is 24.2 Å². The van der Waals surface area contributed by atoms with E-state index in [4.69, 9.17) is 4.74 Å². The van der Waals surface area contributed by atoms with E-state index in [1.54, 1.807) is 25.1 Å². The lowest BCUT2D eigenvalue weighted by atomic mass is 10.1. The minimum Gasteiger partial charge on any atom is -0.453 e. The van der Waals surface area contributed by atoms with Gasteiger partial charge in [0.1, 0.15) is 5.82 Å². The monoisotopic (exact) mass is 416 g/mol. The molecule has 0 unspecified atom stereocenters. The molecule has 2 aromatic rings. The van der Waals surface area contributed by atoms with Crippen molar-refractivity contribution in [2.45, 2.75) is 42.6 Å². The van der Waals surface area contributed by atoms with E-state index in [1.165, 1.54) is 30.8 Å². The number of hydrogen-bond donors (Lipinski definition) is 2. The molecule has 0 fully saturated rings. The summed E-state index contributed by atoms with van der Waals surface area (Å²) >= 11 is 1.29. The summed E-state index contributed by atoms with van der Waals surface area (Å²) in [5.41, 5.74) is 1.45. The lowest BCUT2D eigenvalue weighted by Gasteiger charge is -2.24. The molecule has 29 heavy (non-hydrogen) atoms. The molecule has 2 N–H and O–H groups in total. The van der Waals surface area contributed by atoms with E-state index in [9.17, 15) is 18.8 Å². The SMILES string of the molecule is C[C@H](OC(=O)C[C@H]1Sc2ccccc2NC1=O)C(=O)N[C@@H](C)c1ccc(F)cc1. The topological polar surface area (TPSA) is 84.5 Å². The first-order valence-corrected chi connectivity index (χ1v) is 10.0. The van der Waals surface area contributed by atoms with Crippen LogP contribution < -0.4 is 10.6 Å². The number of thioether (sulfide) groups is 1. The van der Waals surface area contributed by atoms with Crippen LogP contribution in [0.5, 0.6) is 0 Å². The van der Waals surface area contributed by atoms with Gasteiger partial charge in [0.05, 0.1) is 23.4 Å². The highest BCUT2D eigenvalue weighted by Gasteiger charge is 2.30. The Labute approximate surface area is 172 Å². The number of carbonyl (C=O) groups is 3. The molecule has 0 saturated heterocycles. The molecule has 0 bridgehead atoms. The van der Waals surface area contributed by atoms with E-state index in [0.717, 1.165) is 16.1 Å². The van der Waals surface area contributed by atoms with Gasteiger partial charge in [0, 0.05) is 4.90 Å². The van der Waals surface area contributed by atoms with Crippen LogP contribution in [0.3, 0.4) is 0 Å². The molecule has 6 nitrogen and oxygen atoms in total. The molecule has 0 saturated carbocycles. The first-order chi connectivity index (χ1) is 13.8. The molecule has 0 aromatic heterocycles. The fourth-order valence-electron chi connectivity index (χ4n) is 2.84. The van der Waals surface area contributed by atoms with Gasteiger partial charge in [0.25, 0.3) is 5.91 Å². The largest absolute Gasteiger partial charge is 0.453 e. The van der Waals surface area contributed by atoms with Gasteiger partial charge in [0.15, 0.2) is 6.10 Å². The zero-order chi connectivity index (χ0) is 21.0. The lowest BCUT2D eigenvalue weighted by molar-refractivity contribution is -0.155. The molecule has 152 valence electrons. The molecule has 3 rings (SSSR count). The number of carbonyl (C=O) groups excluding carboxylic acids is 3. The number of amides is 2. The number of anilines is 1. The van der Waals surface area contributed by atoms with Gasteiger partial charge in [-0.05, 0) is 43.7 Å². The smallest absolute Gasteiger partial charge is 0.308 e. The van der Waals surface area contributed by atoms with Gasteiger partial charge in [0.2, 0.25) is 5.91 Å². The maximum Gasteiger partial charge on any atom is 0.308 e. The second kappa shape index (κ2) is 9.09. The molecule has 1 heterocycles. The second-order valence-electron chi connectivity index (χ2n) is 6.71. The van der Waals surface area contributed by atoms with Crippen molar-refractivity contribution in [1.29, 1.82) is 0 Å². The van der Waals surface area contributed by atoms with Crippen LogP contribution in [-0.4, -0.2) is 29.1 Å². The van der Waals surface area contributed by atoms with E-state index >= 15 is 0 Å². The average molecular weight is 416 g/mol. The summed E-state index contributed by atoms with van der Waals surface area (Å²) in [6.07, 6.45) is -1.16. The van der Waals surface area contributed by atoms with E-state index in [0.29, 0.717) is 0 Å². The van der Waals surface area contributed by atoms with Crippen molar-refractivity contribution >= 4 is 35.2 Å². The number of esters is 1. The Balaban J connectivity index is 1.51. The summed E-state index contributed by atoms with van der Waals surface area (Å²) in [6, 6.07) is 12.7. The van der Waals surface area contributed by atoms with Crippen LogP contribution >= 0.6 is 11.8 Å². The Morgan fingerprint density at radius 1 is 1.17 bits per heavy atom. The number of fused-ring (bicyclic) bond motifs is 1. The van der Waals surface area contributed by atoms with Gasteiger partial charge >= 0.3 is 5.97 Å². The molecule has 0 spiro atoms. The lowest BCUT2D eigenvalue weighted by Crippen LogP contribution is -2.38. The van der Waals surface area contributed by atoms with Crippen molar-refractivity contribution in [3.63, 3.8) is 0 Å². The Morgan fingerprint density at radius 3 is 2.59 bits per heavy atom. The molecule has 0 aliphatic carbocycles. The zero-order valence-electron chi connectivity index (χ0n) is 16.0. The first-order valence-electron chi connectivity index (χ1n) is 9.15. The maximum atomic E-state index is 13.0. The first kappa shape index (κ1) is 20.9. The third-order valence-corrected chi connectivity index (χ3v) is 5.74. The van der Waals surface area contributed by atoms with Gasteiger partial charge in [-0.2, -0.15) is 0 Å². The van der Waals surface area contributed by atoms with Crippen molar-refractivity contribution in [3.8, 4) is 0 Å². The molecule has 1 aliphatic rings. The molecule has 2 amide bonds. The van der Waals surface area contributed by atoms with Crippen LogP contribution in [0.15, 0.2) is 53.4 Å². The van der Waals surface area contributed by atoms with Crippen molar-refractivity contribution in [1.82, 2.24) is 5.32 Å². The molecule has 0 radical (unpaired) electrons. The normalized spacial score (nSPS) is 17.5. The summed E-state index contributed by atoms with van der Waals surface area (Å²) < 4.78 is 18.2. The van der Waals surface area contributed by atoms with Gasteiger partial charge in [-0.15, -0.1) is 11.8 Å². The standard InChI is InChI=1S/C21H21FN2O4S/c1-12(14-7-9-15(22)10-8-14)23-20(26)13(2)28-19(25)11-18-21(27)24-16-5-3-4-6-17(16)29-18/h3-10,12-13,18H,11H2,1-2H3,(H,23,26)(H,24,27)/t12-,13-,18+/m0/s1. The highest BCUT2D eigenvalue weighted by Crippen LogP contribution is 2.36. The van der Waals surface area contributed by atoms with Gasteiger partial charge in [-0.25, -0.2) is 4.39 Å². The fraction of sp³-hybridized carbons (Fsp3) is 0.286. The Hall–Kier alpha value is -2.87. The van der Waals surface area contributed by atoms with E-state index < -0.39 is 23.2 Å². The van der Waals surface area contributed by atoms with Crippen molar-refractivity contribution in [2.75, 3.05) is 5.32 Å². The summed E-state index contributed by atoms with van der Waals surface area (Å²) in [6.45, 7) is 3.22. The minimum atomic E-state index is -1.02. The van der Waals surface area contributed by atoms with Crippen molar-refractivity contribution in [3.05, 3.63) is 59.9 Å². The van der Waals surface area contributed by atoms with Crippen LogP contribution in [0, 0.1) is 5.82 Å². The van der Waals surface area contributed by atoms with Crippen molar-refractivity contribution < 1.29 is 23.5 Å². The number of hydrogen-bond acceptors (Lipinski definition) is 5. The van der Waals surface area contributed by atoms with E-state index in [2.05, 4.69) is 10.6 Å². The zero-order valence-corrected chi connectivity index (χ0v) is 16.8. The molecule has 8 heteroatoms. The number of para-hydroxylation sites is 1. The number of halogens is 1. The van der Waals surface area contributed by atoms with Gasteiger partial charge < -0.3 is 15.4 Å². The van der Waals surface area contributed by atoms with Crippen LogP contribution in [0.1, 0.15) is 31.9 Å². The maximum absolute atomic E-state index is 13.0. The number of rotatable bonds is 6. The number of nitrogens with one attached hydrogen (secondary N) is 2. The predicted molar refractivity (Wildman–Crippen MR) is 108 cm³/mol. The molecular weight excluding hydrogens is 395 g/mol. The summed E-state index contributed by atoms with van der Waals surface area (Å²) in [7, 11) is 0. The van der Waals surface area contributed by atoms with Gasteiger partial charge in [-0.3, -0.25) is 14.4 Å². The fourth-order valence-corrected chi connectivity index (χ4v) is 3.94. The minimum absolute atomic E-state index is 0.143. The highest BCUT2D eigenvalue weighted by atomic mass is 32.2. The second-order valence-corrected chi connectivity index (χ2v) is 7.95. The summed E-state index contributed by atoms with van der Waals surface area (Å²) in [5, 5.41) is 4.87. The Kier molecular flexibility index (Phi) is 6.53. The van der Waals surface area contributed by atoms with Crippen LogP contribution in [0.25, 0.3) is 0 Å². The molecule has 1 aliphatic heterocycles. The van der Waals surface area contributed by atoms with Crippen LogP contribution in [0.2, 0.25) is 0 Å². The van der Waals surface area contributed by atoms with Gasteiger partial charge in [-0.1, -0.05) is 24.3 Å². The average Bonchev–Trinajstić information content (AvgIpc) is 2.68. The van der Waals surface area contributed by atoms with Crippen molar-refractivity contribution in [2.24, 2.45) is 0 Å². The number of benzene rings is 2. The molecular formula is C21H21FN2O4S. The predicted octanol–water partition coefficient (Wildman–Crippen LogP) is 3.44. The molecule has 3 atom stereocenters. The third kappa shape index (κ3) is 5.35. The van der Waals surface area contributed by atoms with Crippen LogP contribution in [0.4, 0.5) is 10.1 Å². The van der Waals surface area contributed by atoms with Crippen LogP contribution in [-0.2, 0) is 19.1 Å². The Morgan fingerprint density at radius 2 is 1.86 bits per heavy atom. The summed E-state index contributed by atoms with van der Waals surface area (Å²) in [5.74, 6) is -1.73. The number of ether oxygens (including phenoxy) is 1. The Bertz CT molecular complexity index is 919. The van der Waals surface area contributed by atoms with E-state index in [1.807, 2.05) is 18.2 Å². The molecule has 2 aromatic carbocycles. The highest BCUT2D eigenvalue weighted by molar-refractivity contribution is 8.01. The third-order valence-electron chi connectivity index (χ3n) is 4.46. The summed E-state index contributed by atoms with van der Waals surface area (Å²) in [4.78, 5) is 37.6. The quantitative estimate of drug-likeness (QED) is 0.705.